The molecule has 0 saturated carbocycles. The number of rotatable bonds is 6. The number of aryl methyl sites for hydroxylation is 2. The predicted molar refractivity (Wildman–Crippen MR) is 94.2 cm³/mol. The van der Waals surface area contributed by atoms with Gasteiger partial charge in [0.15, 0.2) is 6.61 Å². The van der Waals surface area contributed by atoms with Gasteiger partial charge in [0.25, 0.3) is 5.91 Å². The number of hydrogen-bond acceptors (Lipinski definition) is 3. The van der Waals surface area contributed by atoms with Crippen molar-refractivity contribution in [3.05, 3.63) is 76.9 Å². The van der Waals surface area contributed by atoms with E-state index < -0.39 is 5.97 Å². The fourth-order valence-electron chi connectivity index (χ4n) is 2.18. The van der Waals surface area contributed by atoms with E-state index in [2.05, 4.69) is 5.32 Å². The molecule has 4 nitrogen and oxygen atoms in total. The Bertz CT molecular complexity index is 750. The summed E-state index contributed by atoms with van der Waals surface area (Å²) in [6, 6.07) is 15.6. The minimum atomic E-state index is -0.539. The van der Waals surface area contributed by atoms with Crippen molar-refractivity contribution in [2.45, 2.75) is 20.4 Å². The Morgan fingerprint density at radius 3 is 2.62 bits per heavy atom. The topological polar surface area (TPSA) is 55.4 Å². The van der Waals surface area contributed by atoms with E-state index in [0.29, 0.717) is 6.54 Å². The molecule has 4 heteroatoms. The first-order valence-corrected chi connectivity index (χ1v) is 7.77. The molecule has 0 aliphatic carbocycles. The molecule has 0 bridgehead atoms. The van der Waals surface area contributed by atoms with Crippen molar-refractivity contribution < 1.29 is 14.3 Å². The minimum Gasteiger partial charge on any atom is -0.452 e. The monoisotopic (exact) mass is 323 g/mol. The van der Waals surface area contributed by atoms with Gasteiger partial charge in [-0.3, -0.25) is 4.79 Å². The van der Waals surface area contributed by atoms with Gasteiger partial charge in [0, 0.05) is 12.6 Å². The van der Waals surface area contributed by atoms with Gasteiger partial charge in [-0.05, 0) is 36.6 Å². The van der Waals surface area contributed by atoms with E-state index in [9.17, 15) is 9.59 Å². The number of nitrogens with one attached hydrogen (secondary N) is 1. The number of benzene rings is 2. The van der Waals surface area contributed by atoms with E-state index in [0.717, 1.165) is 22.3 Å². The van der Waals surface area contributed by atoms with Gasteiger partial charge in [-0.15, -0.1) is 0 Å². The lowest BCUT2D eigenvalue weighted by Crippen LogP contribution is -2.28. The molecule has 0 aliphatic heterocycles. The van der Waals surface area contributed by atoms with Gasteiger partial charge in [-0.2, -0.15) is 0 Å². The van der Waals surface area contributed by atoms with Gasteiger partial charge in [0.1, 0.15) is 0 Å². The van der Waals surface area contributed by atoms with Crippen LogP contribution in [0.3, 0.4) is 0 Å². The average Bonchev–Trinajstić information content (AvgIpc) is 2.57. The van der Waals surface area contributed by atoms with E-state index in [1.807, 2.05) is 62.4 Å². The molecule has 0 unspecified atom stereocenters. The molecule has 0 heterocycles. The summed E-state index contributed by atoms with van der Waals surface area (Å²) in [6.45, 7) is 4.09. The summed E-state index contributed by atoms with van der Waals surface area (Å²) in [5.41, 5.74) is 4.17. The highest BCUT2D eigenvalue weighted by Gasteiger charge is 2.05. The number of esters is 1. The average molecular weight is 323 g/mol. The Kier molecular flexibility index (Phi) is 6.32. The Balaban J connectivity index is 1.75. The summed E-state index contributed by atoms with van der Waals surface area (Å²) in [5.74, 6) is -0.863. The van der Waals surface area contributed by atoms with Gasteiger partial charge >= 0.3 is 5.97 Å². The molecule has 0 fully saturated rings. The second kappa shape index (κ2) is 8.67. The normalized spacial score (nSPS) is 10.6. The maximum atomic E-state index is 11.7. The van der Waals surface area contributed by atoms with Crippen molar-refractivity contribution in [1.29, 1.82) is 0 Å². The van der Waals surface area contributed by atoms with Crippen LogP contribution in [0.1, 0.15) is 22.3 Å². The van der Waals surface area contributed by atoms with Crippen LogP contribution < -0.4 is 5.32 Å². The fraction of sp³-hybridized carbons (Fsp3) is 0.200. The van der Waals surface area contributed by atoms with Crippen LogP contribution in [-0.4, -0.2) is 18.5 Å². The van der Waals surface area contributed by atoms with Crippen LogP contribution in [0.4, 0.5) is 0 Å². The molecule has 2 aromatic carbocycles. The van der Waals surface area contributed by atoms with Crippen molar-refractivity contribution in [2.24, 2.45) is 0 Å². The molecule has 124 valence electrons. The summed E-state index contributed by atoms with van der Waals surface area (Å²) in [4.78, 5) is 23.4. The molecule has 2 aromatic rings. The molecule has 0 radical (unpaired) electrons. The highest BCUT2D eigenvalue weighted by Crippen LogP contribution is 2.07. The zero-order valence-electron chi connectivity index (χ0n) is 13.9. The molecule has 0 spiro atoms. The predicted octanol–water partition coefficient (Wildman–Crippen LogP) is 3.18. The number of amides is 1. The van der Waals surface area contributed by atoms with Crippen molar-refractivity contribution in [3.8, 4) is 0 Å². The summed E-state index contributed by atoms with van der Waals surface area (Å²) < 4.78 is 4.94. The lowest BCUT2D eigenvalue weighted by molar-refractivity contribution is -0.143. The molecule has 0 aliphatic rings. The van der Waals surface area contributed by atoms with Gasteiger partial charge in [-0.25, -0.2) is 4.79 Å². The van der Waals surface area contributed by atoms with Crippen LogP contribution in [0.5, 0.6) is 0 Å². The Morgan fingerprint density at radius 2 is 1.88 bits per heavy atom. The Hall–Kier alpha value is -2.88. The molecule has 0 atom stereocenters. The quantitative estimate of drug-likeness (QED) is 0.656. The number of ether oxygens (including phenoxy) is 1. The molecule has 1 N–H and O–H groups in total. The van der Waals surface area contributed by atoms with Crippen LogP contribution in [0.15, 0.2) is 54.6 Å². The molecule has 0 saturated heterocycles. The number of carbonyl (C=O) groups excluding carboxylic acids is 2. The highest BCUT2D eigenvalue weighted by molar-refractivity contribution is 5.89. The minimum absolute atomic E-state index is 0.289. The van der Waals surface area contributed by atoms with Gasteiger partial charge in [-0.1, -0.05) is 54.1 Å². The van der Waals surface area contributed by atoms with E-state index in [1.165, 1.54) is 6.08 Å². The van der Waals surface area contributed by atoms with Crippen LogP contribution in [0, 0.1) is 13.8 Å². The first-order chi connectivity index (χ1) is 11.5. The first-order valence-electron chi connectivity index (χ1n) is 7.77. The molecule has 24 heavy (non-hydrogen) atoms. The standard InChI is InChI=1S/C20H21NO3/c1-15-6-5-8-17(12-15)10-11-20(23)24-14-19(22)21-13-18-9-4-3-7-16(18)2/h3-12H,13-14H2,1-2H3,(H,21,22)/b11-10+. The largest absolute Gasteiger partial charge is 0.452 e. The maximum Gasteiger partial charge on any atom is 0.331 e. The molecule has 0 aromatic heterocycles. The van der Waals surface area contributed by atoms with E-state index in [4.69, 9.17) is 4.74 Å². The Labute approximate surface area is 142 Å². The third kappa shape index (κ3) is 5.72. The van der Waals surface area contributed by atoms with E-state index in [1.54, 1.807) is 6.08 Å². The van der Waals surface area contributed by atoms with Crippen LogP contribution in [-0.2, 0) is 20.9 Å². The van der Waals surface area contributed by atoms with E-state index >= 15 is 0 Å². The number of carbonyl (C=O) groups is 2. The van der Waals surface area contributed by atoms with Crippen molar-refractivity contribution in [1.82, 2.24) is 5.32 Å². The highest BCUT2D eigenvalue weighted by atomic mass is 16.5. The summed E-state index contributed by atoms with van der Waals surface area (Å²) in [6.07, 6.45) is 2.99. The summed E-state index contributed by atoms with van der Waals surface area (Å²) >= 11 is 0. The molecular formula is C20H21NO3. The molecule has 2 rings (SSSR count). The zero-order chi connectivity index (χ0) is 17.4. The zero-order valence-corrected chi connectivity index (χ0v) is 13.9. The summed E-state index contributed by atoms with van der Waals surface area (Å²) in [5, 5.41) is 2.74. The van der Waals surface area contributed by atoms with Crippen molar-refractivity contribution >= 4 is 18.0 Å². The van der Waals surface area contributed by atoms with Crippen molar-refractivity contribution in [3.63, 3.8) is 0 Å². The maximum absolute atomic E-state index is 11.7. The van der Waals surface area contributed by atoms with Crippen LogP contribution >= 0.6 is 0 Å². The molecule has 1 amide bonds. The third-order valence-corrected chi connectivity index (χ3v) is 3.54. The van der Waals surface area contributed by atoms with Crippen molar-refractivity contribution in [2.75, 3.05) is 6.61 Å². The van der Waals surface area contributed by atoms with Gasteiger partial charge in [0.2, 0.25) is 0 Å². The first kappa shape index (κ1) is 17.5. The van der Waals surface area contributed by atoms with E-state index in [-0.39, 0.29) is 12.5 Å². The SMILES string of the molecule is Cc1cccc(/C=C/C(=O)OCC(=O)NCc2ccccc2C)c1. The van der Waals surface area contributed by atoms with Crippen LogP contribution in [0.2, 0.25) is 0 Å². The number of hydrogen-bond donors (Lipinski definition) is 1. The smallest absolute Gasteiger partial charge is 0.331 e. The second-order valence-corrected chi connectivity index (χ2v) is 5.56. The third-order valence-electron chi connectivity index (χ3n) is 3.54. The summed E-state index contributed by atoms with van der Waals surface area (Å²) in [7, 11) is 0. The second-order valence-electron chi connectivity index (χ2n) is 5.56. The van der Waals surface area contributed by atoms with Gasteiger partial charge in [0.05, 0.1) is 0 Å². The van der Waals surface area contributed by atoms with Gasteiger partial charge < -0.3 is 10.1 Å². The lowest BCUT2D eigenvalue weighted by atomic mass is 10.1. The molecular weight excluding hydrogens is 302 g/mol. The Morgan fingerprint density at radius 1 is 1.08 bits per heavy atom. The lowest BCUT2D eigenvalue weighted by Gasteiger charge is -2.07. The fourth-order valence-corrected chi connectivity index (χ4v) is 2.18. The van der Waals surface area contributed by atoms with Crippen LogP contribution in [0.25, 0.3) is 6.08 Å².